The summed E-state index contributed by atoms with van der Waals surface area (Å²) in [5.74, 6) is -0.240. The summed E-state index contributed by atoms with van der Waals surface area (Å²) in [5, 5.41) is 0. The van der Waals surface area contributed by atoms with Gasteiger partial charge in [-0.15, -0.1) is 0 Å². The first kappa shape index (κ1) is 11.8. The van der Waals surface area contributed by atoms with Crippen molar-refractivity contribution >= 4 is 11.4 Å². The number of anilines is 2. The third-order valence-electron chi connectivity index (χ3n) is 2.58. The topological polar surface area (TPSA) is 29.3 Å². The van der Waals surface area contributed by atoms with E-state index < -0.39 is 0 Å². The van der Waals surface area contributed by atoms with Crippen LogP contribution in [0, 0.1) is 12.7 Å². The molecule has 84 valence electrons. The molecule has 0 aliphatic heterocycles. The lowest BCUT2D eigenvalue weighted by Crippen LogP contribution is -2.31. The predicted octanol–water partition coefficient (Wildman–Crippen LogP) is 2.95. The van der Waals surface area contributed by atoms with E-state index in [1.807, 2.05) is 6.07 Å². The minimum Gasteiger partial charge on any atom is -0.397 e. The first-order valence-electron chi connectivity index (χ1n) is 5.29. The Kier molecular flexibility index (Phi) is 3.56. The Morgan fingerprint density at radius 1 is 1.40 bits per heavy atom. The second kappa shape index (κ2) is 4.51. The zero-order valence-corrected chi connectivity index (χ0v) is 9.84. The van der Waals surface area contributed by atoms with Crippen molar-refractivity contribution in [3.05, 3.63) is 23.5 Å². The summed E-state index contributed by atoms with van der Waals surface area (Å²) < 4.78 is 13.2. The van der Waals surface area contributed by atoms with Gasteiger partial charge in [0.05, 0.1) is 11.4 Å². The van der Waals surface area contributed by atoms with Crippen LogP contribution >= 0.6 is 0 Å². The van der Waals surface area contributed by atoms with Crippen molar-refractivity contribution in [1.29, 1.82) is 0 Å². The van der Waals surface area contributed by atoms with Crippen LogP contribution in [-0.2, 0) is 0 Å². The average molecular weight is 210 g/mol. The summed E-state index contributed by atoms with van der Waals surface area (Å²) in [6, 6.07) is 3.58. The van der Waals surface area contributed by atoms with E-state index in [2.05, 4.69) is 25.7 Å². The van der Waals surface area contributed by atoms with Crippen molar-refractivity contribution in [2.45, 2.75) is 33.7 Å². The van der Waals surface area contributed by atoms with E-state index in [9.17, 15) is 4.39 Å². The maximum absolute atomic E-state index is 13.2. The van der Waals surface area contributed by atoms with E-state index >= 15 is 0 Å². The molecule has 0 heterocycles. The van der Waals surface area contributed by atoms with Crippen LogP contribution in [-0.4, -0.2) is 12.6 Å². The molecule has 1 rings (SSSR count). The van der Waals surface area contributed by atoms with Gasteiger partial charge in [-0.25, -0.2) is 4.39 Å². The molecule has 0 unspecified atom stereocenters. The van der Waals surface area contributed by atoms with Crippen molar-refractivity contribution in [1.82, 2.24) is 0 Å². The molecule has 0 aliphatic carbocycles. The highest BCUT2D eigenvalue weighted by molar-refractivity contribution is 5.69. The van der Waals surface area contributed by atoms with Crippen molar-refractivity contribution in [2.75, 3.05) is 17.2 Å². The number of rotatable bonds is 3. The zero-order chi connectivity index (χ0) is 11.6. The molecule has 0 aliphatic rings. The summed E-state index contributed by atoms with van der Waals surface area (Å²) in [7, 11) is 0. The Bertz CT molecular complexity index is 348. The summed E-state index contributed by atoms with van der Waals surface area (Å²) in [4.78, 5) is 2.15. The van der Waals surface area contributed by atoms with E-state index in [1.165, 1.54) is 6.07 Å². The van der Waals surface area contributed by atoms with Crippen LogP contribution in [0.25, 0.3) is 0 Å². The summed E-state index contributed by atoms with van der Waals surface area (Å²) in [6.45, 7) is 8.89. The highest BCUT2D eigenvalue weighted by Gasteiger charge is 2.13. The van der Waals surface area contributed by atoms with Gasteiger partial charge in [0.15, 0.2) is 0 Å². The molecule has 0 saturated carbocycles. The minimum absolute atomic E-state index is 0.240. The van der Waals surface area contributed by atoms with Gasteiger partial charge in [-0.3, -0.25) is 0 Å². The van der Waals surface area contributed by atoms with Crippen LogP contribution in [0.15, 0.2) is 12.1 Å². The number of hydrogen-bond acceptors (Lipinski definition) is 2. The van der Waals surface area contributed by atoms with E-state index in [0.29, 0.717) is 17.3 Å². The van der Waals surface area contributed by atoms with Gasteiger partial charge >= 0.3 is 0 Å². The lowest BCUT2D eigenvalue weighted by atomic mass is 10.1. The fraction of sp³-hybridized carbons (Fsp3) is 0.500. The van der Waals surface area contributed by atoms with E-state index in [0.717, 1.165) is 12.2 Å². The van der Waals surface area contributed by atoms with Crippen LogP contribution in [0.4, 0.5) is 15.8 Å². The largest absolute Gasteiger partial charge is 0.397 e. The van der Waals surface area contributed by atoms with Gasteiger partial charge < -0.3 is 10.6 Å². The average Bonchev–Trinajstić information content (AvgIpc) is 2.14. The standard InChI is InChI=1S/C12H19FN2/c1-5-15(8(2)3)12-6-9(4)10(13)7-11(12)14/h6-8H,5,14H2,1-4H3. The van der Waals surface area contributed by atoms with Gasteiger partial charge in [0.2, 0.25) is 0 Å². The van der Waals surface area contributed by atoms with E-state index in [4.69, 9.17) is 5.73 Å². The molecule has 15 heavy (non-hydrogen) atoms. The smallest absolute Gasteiger partial charge is 0.128 e. The number of halogens is 1. The van der Waals surface area contributed by atoms with Crippen LogP contribution in [0.2, 0.25) is 0 Å². The third-order valence-corrected chi connectivity index (χ3v) is 2.58. The lowest BCUT2D eigenvalue weighted by Gasteiger charge is -2.29. The van der Waals surface area contributed by atoms with Crippen LogP contribution in [0.1, 0.15) is 26.3 Å². The van der Waals surface area contributed by atoms with Crippen LogP contribution in [0.3, 0.4) is 0 Å². The molecule has 0 atom stereocenters. The van der Waals surface area contributed by atoms with Gasteiger partial charge in [-0.2, -0.15) is 0 Å². The fourth-order valence-corrected chi connectivity index (χ4v) is 1.74. The maximum Gasteiger partial charge on any atom is 0.128 e. The number of benzene rings is 1. The Balaban J connectivity index is 3.18. The number of hydrogen-bond donors (Lipinski definition) is 1. The van der Waals surface area contributed by atoms with Gasteiger partial charge in [-0.1, -0.05) is 0 Å². The Morgan fingerprint density at radius 3 is 2.47 bits per heavy atom. The SMILES string of the molecule is CCN(c1cc(C)c(F)cc1N)C(C)C. The first-order valence-corrected chi connectivity index (χ1v) is 5.29. The van der Waals surface area contributed by atoms with Crippen LogP contribution in [0.5, 0.6) is 0 Å². The molecule has 0 spiro atoms. The number of nitrogens with two attached hydrogens (primary N) is 1. The summed E-state index contributed by atoms with van der Waals surface area (Å²) in [6.07, 6.45) is 0. The first-order chi connectivity index (χ1) is 6.97. The second-order valence-corrected chi connectivity index (χ2v) is 4.04. The summed E-state index contributed by atoms with van der Waals surface area (Å²) in [5.41, 5.74) is 7.89. The molecule has 3 heteroatoms. The van der Waals surface area contributed by atoms with E-state index in [1.54, 1.807) is 6.92 Å². The molecule has 1 aromatic rings. The highest BCUT2D eigenvalue weighted by atomic mass is 19.1. The zero-order valence-electron chi connectivity index (χ0n) is 9.84. The van der Waals surface area contributed by atoms with E-state index in [-0.39, 0.29) is 5.82 Å². The number of nitrogens with zero attached hydrogens (tertiary/aromatic N) is 1. The molecule has 2 N–H and O–H groups in total. The van der Waals surface area contributed by atoms with Gasteiger partial charge in [0, 0.05) is 12.6 Å². The number of aryl methyl sites for hydroxylation is 1. The Labute approximate surface area is 90.9 Å². The van der Waals surface area contributed by atoms with Crippen molar-refractivity contribution in [3.8, 4) is 0 Å². The van der Waals surface area contributed by atoms with Crippen molar-refractivity contribution < 1.29 is 4.39 Å². The molecule has 1 aromatic carbocycles. The molecule has 0 aromatic heterocycles. The molecule has 0 fully saturated rings. The fourth-order valence-electron chi connectivity index (χ4n) is 1.74. The molecular weight excluding hydrogens is 191 g/mol. The highest BCUT2D eigenvalue weighted by Crippen LogP contribution is 2.27. The molecule has 2 nitrogen and oxygen atoms in total. The molecule has 0 saturated heterocycles. The minimum atomic E-state index is -0.240. The summed E-state index contributed by atoms with van der Waals surface area (Å²) >= 11 is 0. The van der Waals surface area contributed by atoms with Gasteiger partial charge in [0.1, 0.15) is 5.82 Å². The quantitative estimate of drug-likeness (QED) is 0.777. The third kappa shape index (κ3) is 2.41. The predicted molar refractivity (Wildman–Crippen MR) is 63.7 cm³/mol. The second-order valence-electron chi connectivity index (χ2n) is 4.04. The molecule has 0 radical (unpaired) electrons. The van der Waals surface area contributed by atoms with Crippen LogP contribution < -0.4 is 10.6 Å². The Hall–Kier alpha value is -1.25. The molecule has 0 bridgehead atoms. The molecule has 0 amide bonds. The molecular formula is C12H19FN2. The number of nitrogen functional groups attached to an aromatic ring is 1. The Morgan fingerprint density at radius 2 is 2.00 bits per heavy atom. The van der Waals surface area contributed by atoms with Gasteiger partial charge in [0.25, 0.3) is 0 Å². The van der Waals surface area contributed by atoms with Gasteiger partial charge in [-0.05, 0) is 45.4 Å². The maximum atomic E-state index is 13.2. The van der Waals surface area contributed by atoms with Crippen molar-refractivity contribution in [3.63, 3.8) is 0 Å². The van der Waals surface area contributed by atoms with Crippen molar-refractivity contribution in [2.24, 2.45) is 0 Å². The normalized spacial score (nSPS) is 10.8. The lowest BCUT2D eigenvalue weighted by molar-refractivity contribution is 0.618. The monoisotopic (exact) mass is 210 g/mol.